The van der Waals surface area contributed by atoms with E-state index in [1.54, 1.807) is 0 Å². The second-order valence-electron chi connectivity index (χ2n) is 5.00. The Balaban J connectivity index is 1.95. The summed E-state index contributed by atoms with van der Waals surface area (Å²) in [7, 11) is 3.94. The molecule has 0 saturated carbocycles. The van der Waals surface area contributed by atoms with Crippen LogP contribution in [0, 0.1) is 0 Å². The molecule has 0 aliphatic carbocycles. The van der Waals surface area contributed by atoms with Gasteiger partial charge in [0.15, 0.2) is 0 Å². The van der Waals surface area contributed by atoms with Crippen LogP contribution in [0.5, 0.6) is 0 Å². The Hall–Kier alpha value is -1.55. The van der Waals surface area contributed by atoms with Gasteiger partial charge in [-0.2, -0.15) is 0 Å². The Bertz CT molecular complexity index is 429. The largest absolute Gasteiger partial charge is 0.385 e. The van der Waals surface area contributed by atoms with Crippen LogP contribution in [0.25, 0.3) is 0 Å². The molecule has 1 aliphatic heterocycles. The number of rotatable bonds is 4. The monoisotopic (exact) mass is 247 g/mol. The Morgan fingerprint density at radius 2 is 2.28 bits per heavy atom. The summed E-state index contributed by atoms with van der Waals surface area (Å²) in [6.45, 7) is 1.79. The van der Waals surface area contributed by atoms with Crippen LogP contribution in [-0.2, 0) is 11.2 Å². The Morgan fingerprint density at radius 3 is 3.06 bits per heavy atom. The van der Waals surface area contributed by atoms with Gasteiger partial charge in [-0.05, 0) is 44.6 Å². The van der Waals surface area contributed by atoms with Crippen LogP contribution >= 0.6 is 0 Å². The maximum atomic E-state index is 11.7. The molecule has 2 N–H and O–H groups in total. The number of fused-ring (bicyclic) bond motifs is 1. The van der Waals surface area contributed by atoms with Crippen molar-refractivity contribution in [3.63, 3.8) is 0 Å². The van der Waals surface area contributed by atoms with Gasteiger partial charge in [0.25, 0.3) is 0 Å². The summed E-state index contributed by atoms with van der Waals surface area (Å²) < 4.78 is 0. The molecule has 1 aliphatic rings. The van der Waals surface area contributed by atoms with Crippen molar-refractivity contribution in [2.45, 2.75) is 19.3 Å². The molecule has 98 valence electrons. The molecule has 1 aromatic rings. The molecular formula is C14H21N3O. The number of hydrogen-bond donors (Lipinski definition) is 2. The van der Waals surface area contributed by atoms with Crippen LogP contribution in [0.3, 0.4) is 0 Å². The van der Waals surface area contributed by atoms with E-state index in [4.69, 9.17) is 0 Å². The molecule has 1 heterocycles. The molecule has 1 aromatic carbocycles. The lowest BCUT2D eigenvalue weighted by Gasteiger charge is -2.19. The van der Waals surface area contributed by atoms with Gasteiger partial charge in [0.2, 0.25) is 5.91 Å². The van der Waals surface area contributed by atoms with Gasteiger partial charge in [0.05, 0.1) is 0 Å². The first-order valence-corrected chi connectivity index (χ1v) is 6.46. The number of nitrogens with one attached hydrogen (secondary N) is 2. The van der Waals surface area contributed by atoms with Crippen LogP contribution in [-0.4, -0.2) is 38.0 Å². The molecule has 4 heteroatoms. The number of anilines is 2. The number of benzene rings is 1. The van der Waals surface area contributed by atoms with Crippen molar-refractivity contribution in [1.82, 2.24) is 4.90 Å². The molecule has 1 amide bonds. The van der Waals surface area contributed by atoms with Crippen molar-refractivity contribution in [3.8, 4) is 0 Å². The third-order valence-corrected chi connectivity index (χ3v) is 3.12. The molecule has 0 fully saturated rings. The Labute approximate surface area is 108 Å². The topological polar surface area (TPSA) is 44.4 Å². The summed E-state index contributed by atoms with van der Waals surface area (Å²) in [6.07, 6.45) is 2.83. The molecule has 0 saturated heterocycles. The summed E-state index contributed by atoms with van der Waals surface area (Å²) in [4.78, 5) is 13.7. The van der Waals surface area contributed by atoms with E-state index >= 15 is 0 Å². The highest BCUT2D eigenvalue weighted by Gasteiger charge is 2.10. The van der Waals surface area contributed by atoms with Crippen LogP contribution in [0.2, 0.25) is 0 Å². The van der Waals surface area contributed by atoms with Crippen molar-refractivity contribution >= 4 is 17.3 Å². The predicted octanol–water partition coefficient (Wildman–Crippen LogP) is 1.93. The lowest BCUT2D eigenvalue weighted by molar-refractivity contribution is -0.116. The first-order valence-electron chi connectivity index (χ1n) is 6.46. The third-order valence-electron chi connectivity index (χ3n) is 3.12. The third kappa shape index (κ3) is 3.47. The standard InChI is InChI=1S/C14H21N3O/c1-17(2)9-7-14(18)16-12-6-5-11-4-3-8-15-13(11)10-12/h5-6,10,15H,3-4,7-9H2,1-2H3,(H,16,18). The molecular weight excluding hydrogens is 226 g/mol. The maximum absolute atomic E-state index is 11.7. The first-order chi connectivity index (χ1) is 8.65. The molecule has 0 aromatic heterocycles. The van der Waals surface area contributed by atoms with Crippen LogP contribution in [0.15, 0.2) is 18.2 Å². The van der Waals surface area contributed by atoms with Gasteiger partial charge in [-0.25, -0.2) is 0 Å². The number of carbonyl (C=O) groups excluding carboxylic acids is 1. The van der Waals surface area contributed by atoms with Gasteiger partial charge >= 0.3 is 0 Å². The lowest BCUT2D eigenvalue weighted by Crippen LogP contribution is -2.21. The molecule has 0 spiro atoms. The minimum Gasteiger partial charge on any atom is -0.385 e. The SMILES string of the molecule is CN(C)CCC(=O)Nc1ccc2c(c1)NCCC2. The maximum Gasteiger partial charge on any atom is 0.225 e. The minimum atomic E-state index is 0.0689. The van der Waals surface area contributed by atoms with E-state index in [-0.39, 0.29) is 5.91 Å². The average molecular weight is 247 g/mol. The van der Waals surface area contributed by atoms with E-state index < -0.39 is 0 Å². The van der Waals surface area contributed by atoms with Crippen molar-refractivity contribution in [2.24, 2.45) is 0 Å². The summed E-state index contributed by atoms with van der Waals surface area (Å²) in [5, 5.41) is 6.31. The summed E-state index contributed by atoms with van der Waals surface area (Å²) in [5.41, 5.74) is 3.38. The fourth-order valence-corrected chi connectivity index (χ4v) is 2.09. The Kier molecular flexibility index (Phi) is 4.20. The van der Waals surface area contributed by atoms with Gasteiger partial charge in [-0.1, -0.05) is 6.07 Å². The highest BCUT2D eigenvalue weighted by molar-refractivity contribution is 5.91. The zero-order chi connectivity index (χ0) is 13.0. The van der Waals surface area contributed by atoms with Crippen LogP contribution in [0.1, 0.15) is 18.4 Å². The quantitative estimate of drug-likeness (QED) is 0.854. The normalized spacial score (nSPS) is 13.9. The van der Waals surface area contributed by atoms with E-state index in [2.05, 4.69) is 16.7 Å². The van der Waals surface area contributed by atoms with Crippen molar-refractivity contribution in [2.75, 3.05) is 37.8 Å². The number of hydrogen-bond acceptors (Lipinski definition) is 3. The van der Waals surface area contributed by atoms with Crippen molar-refractivity contribution in [3.05, 3.63) is 23.8 Å². The van der Waals surface area contributed by atoms with Gasteiger partial charge in [-0.15, -0.1) is 0 Å². The van der Waals surface area contributed by atoms with Crippen molar-refractivity contribution < 1.29 is 4.79 Å². The van der Waals surface area contributed by atoms with Gasteiger partial charge in [-0.3, -0.25) is 4.79 Å². The molecule has 0 unspecified atom stereocenters. The molecule has 18 heavy (non-hydrogen) atoms. The van der Waals surface area contributed by atoms with Gasteiger partial charge < -0.3 is 15.5 Å². The van der Waals surface area contributed by atoms with E-state index in [1.807, 2.05) is 31.1 Å². The zero-order valence-corrected chi connectivity index (χ0v) is 11.1. The second kappa shape index (κ2) is 5.87. The van der Waals surface area contributed by atoms with Crippen LogP contribution in [0.4, 0.5) is 11.4 Å². The predicted molar refractivity (Wildman–Crippen MR) is 75.1 cm³/mol. The number of carbonyl (C=O) groups is 1. The molecule has 0 radical (unpaired) electrons. The lowest BCUT2D eigenvalue weighted by atomic mass is 10.0. The fourth-order valence-electron chi connectivity index (χ4n) is 2.09. The molecule has 0 atom stereocenters. The van der Waals surface area contributed by atoms with Crippen LogP contribution < -0.4 is 10.6 Å². The molecule has 0 bridgehead atoms. The average Bonchev–Trinajstić information content (AvgIpc) is 2.36. The number of nitrogens with zero attached hydrogens (tertiary/aromatic N) is 1. The van der Waals surface area contributed by atoms with Crippen molar-refractivity contribution in [1.29, 1.82) is 0 Å². The molecule has 2 rings (SSSR count). The molecule has 4 nitrogen and oxygen atoms in total. The smallest absolute Gasteiger partial charge is 0.225 e. The highest BCUT2D eigenvalue weighted by Crippen LogP contribution is 2.25. The fraction of sp³-hybridized carbons (Fsp3) is 0.500. The second-order valence-corrected chi connectivity index (χ2v) is 5.00. The van der Waals surface area contributed by atoms with E-state index in [0.29, 0.717) is 6.42 Å². The van der Waals surface area contributed by atoms with E-state index in [0.717, 1.165) is 30.9 Å². The number of amides is 1. The minimum absolute atomic E-state index is 0.0689. The first kappa shape index (κ1) is 12.9. The summed E-state index contributed by atoms with van der Waals surface area (Å²) >= 11 is 0. The highest BCUT2D eigenvalue weighted by atomic mass is 16.1. The Morgan fingerprint density at radius 1 is 1.44 bits per heavy atom. The summed E-state index contributed by atoms with van der Waals surface area (Å²) in [5.74, 6) is 0.0689. The van der Waals surface area contributed by atoms with E-state index in [9.17, 15) is 4.79 Å². The van der Waals surface area contributed by atoms with Gasteiger partial charge in [0.1, 0.15) is 0 Å². The van der Waals surface area contributed by atoms with Gasteiger partial charge in [0, 0.05) is 30.9 Å². The summed E-state index contributed by atoms with van der Waals surface area (Å²) in [6, 6.07) is 6.12. The van der Waals surface area contributed by atoms with E-state index in [1.165, 1.54) is 12.0 Å². The zero-order valence-electron chi connectivity index (χ0n) is 11.1. The number of aryl methyl sites for hydroxylation is 1.